The fraction of sp³-hybridized carbons (Fsp3) is 0.636. The normalized spacial score (nSPS) is 18.8. The highest BCUT2D eigenvalue weighted by molar-refractivity contribution is 5.76. The van der Waals surface area contributed by atoms with Crippen molar-refractivity contribution >= 4 is 11.7 Å². The topological polar surface area (TPSA) is 102 Å². The predicted molar refractivity (Wildman–Crippen MR) is 65.4 cm³/mol. The monoisotopic (exact) mass is 268 g/mol. The van der Waals surface area contributed by atoms with Crippen molar-refractivity contribution < 1.29 is 14.8 Å². The number of aromatic nitrogens is 2. The van der Waals surface area contributed by atoms with Gasteiger partial charge in [-0.1, -0.05) is 0 Å². The molecule has 0 radical (unpaired) electrons. The maximum Gasteiger partial charge on any atom is 0.381 e. The summed E-state index contributed by atoms with van der Waals surface area (Å²) < 4.78 is 1.60. The molecule has 104 valence electrons. The van der Waals surface area contributed by atoms with E-state index in [1.807, 2.05) is 0 Å². The summed E-state index contributed by atoms with van der Waals surface area (Å²) in [5, 5.41) is 19.9. The summed E-state index contributed by atoms with van der Waals surface area (Å²) in [5.74, 6) is 0.259. The summed E-state index contributed by atoms with van der Waals surface area (Å²) >= 11 is 0. The number of amides is 1. The Hall–Kier alpha value is -1.96. The number of β-amino-alcohol motifs (C(OH)–C–C–N with tert-alkyl or cyclic N) is 1. The zero-order valence-corrected chi connectivity index (χ0v) is 10.7. The molecule has 2 heterocycles. The van der Waals surface area contributed by atoms with Crippen molar-refractivity contribution in [2.45, 2.75) is 32.4 Å². The number of nitrogens with zero attached hydrogens (tertiary/aromatic N) is 4. The number of hydrogen-bond acceptors (Lipinski definition) is 5. The van der Waals surface area contributed by atoms with E-state index in [0.29, 0.717) is 31.9 Å². The molecule has 1 fully saturated rings. The molecule has 1 aromatic heterocycles. The number of carbonyl (C=O) groups is 1. The minimum Gasteiger partial charge on any atom is -0.391 e. The van der Waals surface area contributed by atoms with Gasteiger partial charge in [-0.15, -0.1) is 0 Å². The third-order valence-corrected chi connectivity index (χ3v) is 3.23. The second-order valence-corrected chi connectivity index (χ2v) is 4.63. The summed E-state index contributed by atoms with van der Waals surface area (Å²) in [7, 11) is 0. The van der Waals surface area contributed by atoms with Crippen molar-refractivity contribution in [3.63, 3.8) is 0 Å². The lowest BCUT2D eigenvalue weighted by atomic mass is 10.3. The average molecular weight is 268 g/mol. The first-order chi connectivity index (χ1) is 8.97. The van der Waals surface area contributed by atoms with Gasteiger partial charge < -0.3 is 24.7 Å². The Morgan fingerprint density at radius 3 is 2.95 bits per heavy atom. The van der Waals surface area contributed by atoms with Crippen LogP contribution in [-0.4, -0.2) is 49.6 Å². The molecule has 1 aliphatic rings. The largest absolute Gasteiger partial charge is 0.391 e. The van der Waals surface area contributed by atoms with E-state index in [9.17, 15) is 20.0 Å². The quantitative estimate of drug-likeness (QED) is 0.615. The Balaban J connectivity index is 1.91. The predicted octanol–water partition coefficient (Wildman–Crippen LogP) is 0.0830. The van der Waals surface area contributed by atoms with Gasteiger partial charge in [0.2, 0.25) is 11.7 Å². The third kappa shape index (κ3) is 3.08. The summed E-state index contributed by atoms with van der Waals surface area (Å²) in [4.78, 5) is 27.3. The number of rotatable bonds is 4. The van der Waals surface area contributed by atoms with Crippen LogP contribution in [0, 0.1) is 17.0 Å². The number of imidazole rings is 1. The molecular weight excluding hydrogens is 252 g/mol. The van der Waals surface area contributed by atoms with Crippen LogP contribution in [0.5, 0.6) is 0 Å². The van der Waals surface area contributed by atoms with Gasteiger partial charge in [-0.25, -0.2) is 0 Å². The van der Waals surface area contributed by atoms with E-state index in [1.165, 1.54) is 6.20 Å². The lowest BCUT2D eigenvalue weighted by Crippen LogP contribution is -2.30. The van der Waals surface area contributed by atoms with E-state index in [2.05, 4.69) is 4.98 Å². The number of likely N-dealkylation sites (tertiary alicyclic amines) is 1. The minimum atomic E-state index is -0.553. The Morgan fingerprint density at radius 2 is 2.42 bits per heavy atom. The fourth-order valence-electron chi connectivity index (χ4n) is 2.15. The van der Waals surface area contributed by atoms with Crippen LogP contribution in [0.25, 0.3) is 0 Å². The van der Waals surface area contributed by atoms with Gasteiger partial charge in [0.05, 0.1) is 6.10 Å². The first-order valence-electron chi connectivity index (χ1n) is 6.11. The standard InChI is InChI=1S/C11H16N4O4/c1-8-12-10(15(18)19)7-13(8)5-3-11(17)14-4-2-9(16)6-14/h7,9,16H,2-6H2,1H3/t9-/m1/s1. The van der Waals surface area contributed by atoms with E-state index in [-0.39, 0.29) is 18.1 Å². The lowest BCUT2D eigenvalue weighted by Gasteiger charge is -2.15. The van der Waals surface area contributed by atoms with Crippen LogP contribution in [0.2, 0.25) is 0 Å². The lowest BCUT2D eigenvalue weighted by molar-refractivity contribution is -0.389. The fourth-order valence-corrected chi connectivity index (χ4v) is 2.15. The van der Waals surface area contributed by atoms with Crippen molar-refractivity contribution in [3.8, 4) is 0 Å². The molecule has 0 unspecified atom stereocenters. The molecule has 8 heteroatoms. The first-order valence-corrected chi connectivity index (χ1v) is 6.11. The van der Waals surface area contributed by atoms with Crippen LogP contribution < -0.4 is 0 Å². The number of carbonyl (C=O) groups excluding carboxylic acids is 1. The Bertz CT molecular complexity index is 499. The highest BCUT2D eigenvalue weighted by Crippen LogP contribution is 2.13. The Labute approximate surface area is 109 Å². The summed E-state index contributed by atoms with van der Waals surface area (Å²) in [6.07, 6.45) is 1.77. The minimum absolute atomic E-state index is 0.0488. The molecule has 0 spiro atoms. The van der Waals surface area contributed by atoms with Gasteiger partial charge >= 0.3 is 5.82 Å². The van der Waals surface area contributed by atoms with Crippen molar-refractivity contribution in [2.75, 3.05) is 13.1 Å². The molecule has 2 rings (SSSR count). The molecule has 1 atom stereocenters. The second kappa shape index (κ2) is 5.35. The summed E-state index contributed by atoms with van der Waals surface area (Å²) in [5.41, 5.74) is 0. The molecule has 0 saturated carbocycles. The highest BCUT2D eigenvalue weighted by Gasteiger charge is 2.24. The molecular formula is C11H16N4O4. The van der Waals surface area contributed by atoms with E-state index in [4.69, 9.17) is 0 Å². The summed E-state index contributed by atoms with van der Waals surface area (Å²) in [6, 6.07) is 0. The molecule has 0 bridgehead atoms. The molecule has 1 N–H and O–H groups in total. The third-order valence-electron chi connectivity index (χ3n) is 3.23. The van der Waals surface area contributed by atoms with Gasteiger partial charge in [-0.3, -0.25) is 4.79 Å². The second-order valence-electron chi connectivity index (χ2n) is 4.63. The average Bonchev–Trinajstić information content (AvgIpc) is 2.93. The van der Waals surface area contributed by atoms with Crippen LogP contribution in [-0.2, 0) is 11.3 Å². The van der Waals surface area contributed by atoms with Gasteiger partial charge in [0, 0.05) is 33.0 Å². The molecule has 1 amide bonds. The SMILES string of the molecule is Cc1nc([N+](=O)[O-])cn1CCC(=O)N1CC[C@@H](O)C1. The Morgan fingerprint density at radius 1 is 1.68 bits per heavy atom. The van der Waals surface area contributed by atoms with Gasteiger partial charge in [-0.2, -0.15) is 0 Å². The van der Waals surface area contributed by atoms with Crippen LogP contribution in [0.4, 0.5) is 5.82 Å². The molecule has 19 heavy (non-hydrogen) atoms. The molecule has 0 aromatic carbocycles. The van der Waals surface area contributed by atoms with Crippen molar-refractivity contribution in [2.24, 2.45) is 0 Å². The van der Waals surface area contributed by atoms with Gasteiger partial charge in [0.1, 0.15) is 6.20 Å². The maximum absolute atomic E-state index is 11.9. The molecule has 1 aromatic rings. The molecule has 0 aliphatic carbocycles. The smallest absolute Gasteiger partial charge is 0.381 e. The Kier molecular flexibility index (Phi) is 3.79. The van der Waals surface area contributed by atoms with E-state index < -0.39 is 11.0 Å². The van der Waals surface area contributed by atoms with E-state index in [1.54, 1.807) is 16.4 Å². The molecule has 8 nitrogen and oxygen atoms in total. The van der Waals surface area contributed by atoms with Crippen molar-refractivity contribution in [1.29, 1.82) is 0 Å². The van der Waals surface area contributed by atoms with E-state index >= 15 is 0 Å². The number of aryl methyl sites for hydroxylation is 2. The highest BCUT2D eigenvalue weighted by atomic mass is 16.6. The number of aliphatic hydroxyl groups excluding tert-OH is 1. The van der Waals surface area contributed by atoms with Gasteiger partial charge in [0.15, 0.2) is 0 Å². The van der Waals surface area contributed by atoms with Crippen LogP contribution in [0.15, 0.2) is 6.20 Å². The zero-order chi connectivity index (χ0) is 14.0. The van der Waals surface area contributed by atoms with Gasteiger partial charge in [0.25, 0.3) is 0 Å². The van der Waals surface area contributed by atoms with E-state index in [0.717, 1.165) is 0 Å². The van der Waals surface area contributed by atoms with Crippen LogP contribution in [0.1, 0.15) is 18.7 Å². The summed E-state index contributed by atoms with van der Waals surface area (Å²) in [6.45, 7) is 2.97. The van der Waals surface area contributed by atoms with Gasteiger partial charge in [-0.05, 0) is 16.3 Å². The van der Waals surface area contributed by atoms with Crippen LogP contribution in [0.3, 0.4) is 0 Å². The van der Waals surface area contributed by atoms with Crippen molar-refractivity contribution in [1.82, 2.24) is 14.5 Å². The first kappa shape index (κ1) is 13.5. The van der Waals surface area contributed by atoms with Crippen LogP contribution >= 0.6 is 0 Å². The number of nitro groups is 1. The maximum atomic E-state index is 11.9. The van der Waals surface area contributed by atoms with Crippen molar-refractivity contribution in [3.05, 3.63) is 22.1 Å². The molecule has 1 aliphatic heterocycles. The number of hydrogen-bond donors (Lipinski definition) is 1. The number of aliphatic hydroxyl groups is 1. The zero-order valence-electron chi connectivity index (χ0n) is 10.7. The molecule has 1 saturated heterocycles.